The molecule has 70 valence electrons. The molecule has 0 bridgehead atoms. The number of pyridine rings is 1. The van der Waals surface area contributed by atoms with E-state index in [0.717, 1.165) is 11.1 Å². The predicted molar refractivity (Wildman–Crippen MR) is 52.2 cm³/mol. The highest BCUT2D eigenvalue weighted by molar-refractivity contribution is 5.62. The van der Waals surface area contributed by atoms with E-state index in [9.17, 15) is 0 Å². The van der Waals surface area contributed by atoms with Crippen LogP contribution in [-0.2, 0) is 0 Å². The summed E-state index contributed by atoms with van der Waals surface area (Å²) in [5.41, 5.74) is 7.42. The minimum atomic E-state index is 0.457. The summed E-state index contributed by atoms with van der Waals surface area (Å²) in [4.78, 5) is 8.06. The lowest BCUT2D eigenvalue weighted by Crippen LogP contribution is -1.96. The fourth-order valence-electron chi connectivity index (χ4n) is 1.15. The molecule has 0 aliphatic carbocycles. The number of nitrogens with zero attached hydrogens (tertiary/aromatic N) is 4. The van der Waals surface area contributed by atoms with Crippen molar-refractivity contribution in [3.05, 3.63) is 30.2 Å². The highest BCUT2D eigenvalue weighted by Crippen LogP contribution is 2.19. The van der Waals surface area contributed by atoms with Gasteiger partial charge in [0.2, 0.25) is 0 Å². The van der Waals surface area contributed by atoms with Crippen molar-refractivity contribution < 1.29 is 0 Å². The monoisotopic (exact) mass is 187 g/mol. The Morgan fingerprint density at radius 3 is 2.79 bits per heavy atom. The van der Waals surface area contributed by atoms with Crippen LogP contribution in [0.15, 0.2) is 24.7 Å². The third-order valence-corrected chi connectivity index (χ3v) is 1.85. The summed E-state index contributed by atoms with van der Waals surface area (Å²) in [6.45, 7) is 1.93. The summed E-state index contributed by atoms with van der Waals surface area (Å²) in [6.07, 6.45) is 4.82. The highest BCUT2D eigenvalue weighted by Gasteiger charge is 2.05. The normalized spacial score (nSPS) is 10.1. The van der Waals surface area contributed by atoms with Crippen molar-refractivity contribution in [3.8, 4) is 11.4 Å². The van der Waals surface area contributed by atoms with Gasteiger partial charge in [-0.05, 0) is 18.6 Å². The van der Waals surface area contributed by atoms with Crippen molar-refractivity contribution in [2.75, 3.05) is 5.73 Å². The van der Waals surface area contributed by atoms with Gasteiger partial charge in [-0.15, -0.1) is 5.10 Å². The average molecular weight is 187 g/mol. The molecular formula is C9H9N5. The molecule has 0 aliphatic heterocycles. The molecule has 5 heteroatoms. The Hall–Kier alpha value is -2.04. The maximum Gasteiger partial charge on any atom is 0.182 e. The Labute approximate surface area is 81.0 Å². The first-order chi connectivity index (χ1) is 6.77. The fraction of sp³-hybridized carbons (Fsp3) is 0.111. The third kappa shape index (κ3) is 1.52. The first-order valence-corrected chi connectivity index (χ1v) is 4.13. The number of nitrogen functional groups attached to an aromatic ring is 1. The van der Waals surface area contributed by atoms with E-state index in [-0.39, 0.29) is 0 Å². The van der Waals surface area contributed by atoms with E-state index in [1.54, 1.807) is 18.5 Å². The van der Waals surface area contributed by atoms with E-state index in [2.05, 4.69) is 20.2 Å². The number of aromatic nitrogens is 4. The molecule has 2 rings (SSSR count). The molecule has 5 nitrogen and oxygen atoms in total. The van der Waals surface area contributed by atoms with E-state index in [1.165, 1.54) is 6.20 Å². The van der Waals surface area contributed by atoms with Crippen LogP contribution in [0.2, 0.25) is 0 Å². The summed E-state index contributed by atoms with van der Waals surface area (Å²) in [7, 11) is 0. The van der Waals surface area contributed by atoms with Gasteiger partial charge in [0, 0.05) is 18.0 Å². The van der Waals surface area contributed by atoms with Gasteiger partial charge in [-0.2, -0.15) is 5.10 Å². The molecule has 0 fully saturated rings. The van der Waals surface area contributed by atoms with Crippen LogP contribution in [0, 0.1) is 6.92 Å². The number of nitrogens with two attached hydrogens (primary N) is 1. The molecule has 2 aromatic heterocycles. The maximum atomic E-state index is 5.58. The third-order valence-electron chi connectivity index (χ3n) is 1.85. The van der Waals surface area contributed by atoms with Crippen molar-refractivity contribution >= 4 is 5.82 Å². The lowest BCUT2D eigenvalue weighted by atomic mass is 10.1. The van der Waals surface area contributed by atoms with E-state index >= 15 is 0 Å². The summed E-state index contributed by atoms with van der Waals surface area (Å²) in [5.74, 6) is 1.03. The van der Waals surface area contributed by atoms with Crippen molar-refractivity contribution in [1.82, 2.24) is 20.2 Å². The molecule has 0 spiro atoms. The lowest BCUT2D eigenvalue weighted by Gasteiger charge is -2.02. The molecule has 2 aromatic rings. The summed E-state index contributed by atoms with van der Waals surface area (Å²) >= 11 is 0. The number of rotatable bonds is 1. The minimum absolute atomic E-state index is 0.457. The van der Waals surface area contributed by atoms with Crippen LogP contribution >= 0.6 is 0 Å². The first-order valence-electron chi connectivity index (χ1n) is 4.13. The van der Waals surface area contributed by atoms with Crippen molar-refractivity contribution in [2.45, 2.75) is 6.92 Å². The number of aryl methyl sites for hydroxylation is 1. The molecule has 2 heterocycles. The van der Waals surface area contributed by atoms with Crippen LogP contribution in [0.1, 0.15) is 5.56 Å². The molecule has 0 saturated carbocycles. The fourth-order valence-corrected chi connectivity index (χ4v) is 1.15. The summed E-state index contributed by atoms with van der Waals surface area (Å²) in [5, 5.41) is 7.66. The van der Waals surface area contributed by atoms with Crippen molar-refractivity contribution in [1.29, 1.82) is 0 Å². The van der Waals surface area contributed by atoms with E-state index in [0.29, 0.717) is 11.6 Å². The summed E-state index contributed by atoms with van der Waals surface area (Å²) < 4.78 is 0. The molecule has 14 heavy (non-hydrogen) atoms. The van der Waals surface area contributed by atoms with Gasteiger partial charge in [0.1, 0.15) is 5.82 Å². The molecular weight excluding hydrogens is 178 g/mol. The predicted octanol–water partition coefficient (Wildman–Crippen LogP) is 0.824. The highest BCUT2D eigenvalue weighted by atomic mass is 15.1. The average Bonchev–Trinajstić information content (AvgIpc) is 2.23. The Bertz CT molecular complexity index is 440. The molecule has 0 unspecified atom stereocenters. The summed E-state index contributed by atoms with van der Waals surface area (Å²) in [6, 6.07) is 1.74. The van der Waals surface area contributed by atoms with Gasteiger partial charge in [0.05, 0.1) is 6.20 Å². The van der Waals surface area contributed by atoms with Gasteiger partial charge in [-0.3, -0.25) is 0 Å². The smallest absolute Gasteiger partial charge is 0.182 e. The number of hydrogen-bond acceptors (Lipinski definition) is 5. The SMILES string of the molecule is Cc1cnc(N)cc1-c1nccnn1. The molecule has 0 aliphatic rings. The molecule has 0 saturated heterocycles. The minimum Gasteiger partial charge on any atom is -0.384 e. The van der Waals surface area contributed by atoms with E-state index < -0.39 is 0 Å². The van der Waals surface area contributed by atoms with E-state index in [1.807, 2.05) is 6.92 Å². The lowest BCUT2D eigenvalue weighted by molar-refractivity contribution is 0.976. The van der Waals surface area contributed by atoms with Gasteiger partial charge in [-0.1, -0.05) is 0 Å². The van der Waals surface area contributed by atoms with Gasteiger partial charge in [-0.25, -0.2) is 9.97 Å². The van der Waals surface area contributed by atoms with Crippen LogP contribution in [0.3, 0.4) is 0 Å². The Morgan fingerprint density at radius 2 is 2.07 bits per heavy atom. The second-order valence-electron chi connectivity index (χ2n) is 2.89. The second kappa shape index (κ2) is 3.37. The zero-order valence-electron chi connectivity index (χ0n) is 7.68. The van der Waals surface area contributed by atoms with Crippen molar-refractivity contribution in [2.24, 2.45) is 0 Å². The number of hydrogen-bond donors (Lipinski definition) is 1. The Kier molecular flexibility index (Phi) is 2.06. The molecule has 0 aromatic carbocycles. The van der Waals surface area contributed by atoms with Gasteiger partial charge in [0.15, 0.2) is 5.82 Å². The largest absolute Gasteiger partial charge is 0.384 e. The molecule has 0 amide bonds. The van der Waals surface area contributed by atoms with Gasteiger partial charge < -0.3 is 5.73 Å². The van der Waals surface area contributed by atoms with E-state index in [4.69, 9.17) is 5.73 Å². The van der Waals surface area contributed by atoms with Crippen molar-refractivity contribution in [3.63, 3.8) is 0 Å². The van der Waals surface area contributed by atoms with Crippen LogP contribution in [0.4, 0.5) is 5.82 Å². The van der Waals surface area contributed by atoms with Crippen LogP contribution in [0.25, 0.3) is 11.4 Å². The number of anilines is 1. The second-order valence-corrected chi connectivity index (χ2v) is 2.89. The standard InChI is InChI=1S/C9H9N5/c1-6-5-12-8(10)4-7(6)9-11-2-3-13-14-9/h2-5H,1H3,(H2,10,12). The quantitative estimate of drug-likeness (QED) is 0.715. The first kappa shape index (κ1) is 8.55. The Morgan fingerprint density at radius 1 is 1.21 bits per heavy atom. The van der Waals surface area contributed by atoms with Gasteiger partial charge in [0.25, 0.3) is 0 Å². The van der Waals surface area contributed by atoms with Gasteiger partial charge >= 0.3 is 0 Å². The van der Waals surface area contributed by atoms with Crippen LogP contribution in [-0.4, -0.2) is 20.2 Å². The Balaban J connectivity index is 2.57. The zero-order valence-corrected chi connectivity index (χ0v) is 7.68. The van der Waals surface area contributed by atoms with Crippen LogP contribution in [0.5, 0.6) is 0 Å². The maximum absolute atomic E-state index is 5.58. The molecule has 0 radical (unpaired) electrons. The zero-order chi connectivity index (χ0) is 9.97. The van der Waals surface area contributed by atoms with Crippen LogP contribution < -0.4 is 5.73 Å². The molecule has 0 atom stereocenters. The topological polar surface area (TPSA) is 77.6 Å². The molecule has 2 N–H and O–H groups in total.